The summed E-state index contributed by atoms with van der Waals surface area (Å²) in [7, 11) is 0. The van der Waals surface area contributed by atoms with Crippen molar-refractivity contribution in [3.05, 3.63) is 23.8 Å². The predicted octanol–water partition coefficient (Wildman–Crippen LogP) is 1.81. The van der Waals surface area contributed by atoms with Gasteiger partial charge in [0.15, 0.2) is 0 Å². The van der Waals surface area contributed by atoms with E-state index in [1.165, 1.54) is 0 Å². The fraction of sp³-hybridized carbons (Fsp3) is 0.647. The molecule has 0 aromatic heterocycles. The van der Waals surface area contributed by atoms with Crippen LogP contribution >= 0.6 is 0 Å². The fourth-order valence-electron chi connectivity index (χ4n) is 2.73. The normalized spacial score (nSPS) is 17.2. The summed E-state index contributed by atoms with van der Waals surface area (Å²) in [5.41, 5.74) is 0.822. The molecule has 5 nitrogen and oxygen atoms in total. The summed E-state index contributed by atoms with van der Waals surface area (Å²) in [6, 6.07) is 5.68. The van der Waals surface area contributed by atoms with E-state index in [0.29, 0.717) is 19.6 Å². The van der Waals surface area contributed by atoms with Crippen LogP contribution in [0.15, 0.2) is 18.2 Å². The molecule has 5 heteroatoms. The van der Waals surface area contributed by atoms with E-state index < -0.39 is 6.10 Å². The summed E-state index contributed by atoms with van der Waals surface area (Å²) in [4.78, 5) is 2.38. The molecule has 1 aromatic carbocycles. The van der Waals surface area contributed by atoms with Gasteiger partial charge in [0.2, 0.25) is 0 Å². The first-order valence-electron chi connectivity index (χ1n) is 8.25. The van der Waals surface area contributed by atoms with Crippen LogP contribution in [0.25, 0.3) is 0 Å². The van der Waals surface area contributed by atoms with Gasteiger partial charge in [-0.2, -0.15) is 0 Å². The molecular weight excluding hydrogens is 280 g/mol. The number of hydrogen-bond acceptors (Lipinski definition) is 5. The van der Waals surface area contributed by atoms with Crippen molar-refractivity contribution >= 4 is 0 Å². The Kier molecular flexibility index (Phi) is 6.96. The molecule has 1 aromatic rings. The number of aliphatic hydroxyl groups is 1. The Hall–Kier alpha value is -1.30. The van der Waals surface area contributed by atoms with E-state index in [2.05, 4.69) is 10.2 Å². The van der Waals surface area contributed by atoms with Gasteiger partial charge in [-0.25, -0.2) is 0 Å². The minimum atomic E-state index is -0.531. The maximum Gasteiger partial charge on any atom is 0.125 e. The Morgan fingerprint density at radius 2 is 1.91 bits per heavy atom. The van der Waals surface area contributed by atoms with E-state index in [4.69, 9.17) is 9.47 Å². The molecule has 1 aliphatic rings. The van der Waals surface area contributed by atoms with Gasteiger partial charge in [0.05, 0.1) is 19.3 Å². The smallest absolute Gasteiger partial charge is 0.125 e. The maximum absolute atomic E-state index is 10.6. The zero-order valence-electron chi connectivity index (χ0n) is 13.7. The predicted molar refractivity (Wildman–Crippen MR) is 87.7 cm³/mol. The summed E-state index contributed by atoms with van der Waals surface area (Å²) >= 11 is 0. The summed E-state index contributed by atoms with van der Waals surface area (Å²) in [6.07, 6.45) is 0.173. The molecule has 0 aliphatic carbocycles. The summed E-state index contributed by atoms with van der Waals surface area (Å²) in [6.45, 7) is 10.2. The second kappa shape index (κ2) is 8.98. The van der Waals surface area contributed by atoms with Crippen molar-refractivity contribution < 1.29 is 14.6 Å². The van der Waals surface area contributed by atoms with E-state index in [1.807, 2.05) is 32.0 Å². The Labute approximate surface area is 133 Å². The first kappa shape index (κ1) is 17.1. The molecule has 0 radical (unpaired) electrons. The number of hydrogen-bond donors (Lipinski definition) is 2. The van der Waals surface area contributed by atoms with Crippen molar-refractivity contribution in [2.45, 2.75) is 26.4 Å². The highest BCUT2D eigenvalue weighted by atomic mass is 16.5. The number of ether oxygens (including phenoxy) is 2. The molecule has 1 fully saturated rings. The lowest BCUT2D eigenvalue weighted by atomic mass is 10.0. The number of piperazine rings is 1. The van der Waals surface area contributed by atoms with Gasteiger partial charge in [-0.15, -0.1) is 0 Å². The molecule has 1 atom stereocenters. The monoisotopic (exact) mass is 308 g/mol. The molecular formula is C17H28N2O3. The molecule has 0 saturated carbocycles. The third-order valence-corrected chi connectivity index (χ3v) is 3.88. The van der Waals surface area contributed by atoms with Gasteiger partial charge < -0.3 is 24.8 Å². The molecule has 0 amide bonds. The molecule has 22 heavy (non-hydrogen) atoms. The number of rotatable bonds is 8. The fourth-order valence-corrected chi connectivity index (χ4v) is 2.73. The van der Waals surface area contributed by atoms with Gasteiger partial charge in [-0.1, -0.05) is 0 Å². The van der Waals surface area contributed by atoms with Gasteiger partial charge in [0.1, 0.15) is 11.5 Å². The topological polar surface area (TPSA) is 54.0 Å². The van der Waals surface area contributed by atoms with Crippen LogP contribution in [0.2, 0.25) is 0 Å². The first-order chi connectivity index (χ1) is 10.7. The Bertz CT molecular complexity index is 448. The highest BCUT2D eigenvalue weighted by Gasteiger charge is 2.17. The quantitative estimate of drug-likeness (QED) is 0.767. The van der Waals surface area contributed by atoms with E-state index in [9.17, 15) is 5.11 Å². The van der Waals surface area contributed by atoms with E-state index in [1.54, 1.807) is 0 Å². The van der Waals surface area contributed by atoms with Crippen molar-refractivity contribution in [2.24, 2.45) is 0 Å². The van der Waals surface area contributed by atoms with Crippen molar-refractivity contribution in [1.82, 2.24) is 10.2 Å². The van der Waals surface area contributed by atoms with Gasteiger partial charge in [0.25, 0.3) is 0 Å². The highest BCUT2D eigenvalue weighted by Crippen LogP contribution is 2.31. The zero-order valence-corrected chi connectivity index (χ0v) is 13.7. The molecule has 1 unspecified atom stereocenters. The molecule has 0 bridgehead atoms. The highest BCUT2D eigenvalue weighted by molar-refractivity contribution is 5.41. The minimum Gasteiger partial charge on any atom is -0.494 e. The van der Waals surface area contributed by atoms with Crippen LogP contribution in [-0.2, 0) is 0 Å². The summed E-state index contributed by atoms with van der Waals surface area (Å²) in [5.74, 6) is 1.53. The van der Waals surface area contributed by atoms with Gasteiger partial charge in [0, 0.05) is 38.3 Å². The number of aliphatic hydroxyl groups excluding tert-OH is 1. The van der Waals surface area contributed by atoms with E-state index in [0.717, 1.165) is 49.8 Å². The third-order valence-electron chi connectivity index (χ3n) is 3.88. The molecule has 2 N–H and O–H groups in total. The van der Waals surface area contributed by atoms with Gasteiger partial charge in [-0.3, -0.25) is 0 Å². The number of nitrogens with zero attached hydrogens (tertiary/aromatic N) is 1. The number of benzene rings is 1. The molecule has 1 heterocycles. The van der Waals surface area contributed by atoms with Crippen molar-refractivity contribution in [1.29, 1.82) is 0 Å². The average molecular weight is 308 g/mol. The Morgan fingerprint density at radius 3 is 2.59 bits per heavy atom. The van der Waals surface area contributed by atoms with Crippen molar-refractivity contribution in [3.63, 3.8) is 0 Å². The van der Waals surface area contributed by atoms with Crippen LogP contribution in [-0.4, -0.2) is 55.9 Å². The van der Waals surface area contributed by atoms with Crippen LogP contribution < -0.4 is 14.8 Å². The summed E-state index contributed by atoms with van der Waals surface area (Å²) < 4.78 is 11.2. The summed E-state index contributed by atoms with van der Waals surface area (Å²) in [5, 5.41) is 13.9. The third kappa shape index (κ3) is 4.87. The maximum atomic E-state index is 10.6. The lowest BCUT2D eigenvalue weighted by Crippen LogP contribution is -2.44. The number of nitrogens with one attached hydrogen (secondary N) is 1. The molecule has 124 valence electrons. The van der Waals surface area contributed by atoms with Gasteiger partial charge in [-0.05, 0) is 38.5 Å². The van der Waals surface area contributed by atoms with Crippen LogP contribution in [0, 0.1) is 0 Å². The van der Waals surface area contributed by atoms with Crippen LogP contribution in [0.3, 0.4) is 0 Å². The first-order valence-corrected chi connectivity index (χ1v) is 8.25. The lowest BCUT2D eigenvalue weighted by Gasteiger charge is -2.28. The average Bonchev–Trinajstić information content (AvgIpc) is 2.55. The Morgan fingerprint density at radius 1 is 1.18 bits per heavy atom. The van der Waals surface area contributed by atoms with Crippen LogP contribution in [0.1, 0.15) is 31.9 Å². The van der Waals surface area contributed by atoms with E-state index >= 15 is 0 Å². The SMILES string of the molecule is CCOc1ccc(OCC)c(C(O)CCN2CCNCC2)c1. The molecule has 0 spiro atoms. The molecule has 2 rings (SSSR count). The van der Waals surface area contributed by atoms with E-state index in [-0.39, 0.29) is 0 Å². The second-order valence-electron chi connectivity index (χ2n) is 5.46. The van der Waals surface area contributed by atoms with Crippen LogP contribution in [0.5, 0.6) is 11.5 Å². The van der Waals surface area contributed by atoms with Crippen molar-refractivity contribution in [3.8, 4) is 11.5 Å². The van der Waals surface area contributed by atoms with Crippen molar-refractivity contribution in [2.75, 3.05) is 45.9 Å². The zero-order chi connectivity index (χ0) is 15.8. The molecule has 1 saturated heterocycles. The molecule has 1 aliphatic heterocycles. The van der Waals surface area contributed by atoms with Gasteiger partial charge >= 0.3 is 0 Å². The van der Waals surface area contributed by atoms with Crippen LogP contribution in [0.4, 0.5) is 0 Å². The largest absolute Gasteiger partial charge is 0.494 e. The second-order valence-corrected chi connectivity index (χ2v) is 5.46. The lowest BCUT2D eigenvalue weighted by molar-refractivity contribution is 0.133. The standard InChI is InChI=1S/C17H28N2O3/c1-3-21-14-5-6-17(22-4-2)15(13-14)16(20)7-10-19-11-8-18-9-12-19/h5-6,13,16,18,20H,3-4,7-12H2,1-2H3. The Balaban J connectivity index is 2.01. The minimum absolute atomic E-state index is 0.531.